The quantitative estimate of drug-likeness (QED) is 0.0267. The Morgan fingerprint density at radius 2 is 1.08 bits per heavy atom. The number of allylic oxidation sites excluding steroid dienone is 1. The minimum atomic E-state index is -1.42. The molecule has 0 unspecified atom stereocenters. The number of carbonyl (C=O) groups is 3. The lowest BCUT2D eigenvalue weighted by atomic mass is 9.77. The van der Waals surface area contributed by atoms with Crippen LogP contribution in [-0.2, 0) is 35.1 Å². The predicted octanol–water partition coefficient (Wildman–Crippen LogP) is 14.1. The zero-order chi connectivity index (χ0) is 56.6. The second kappa shape index (κ2) is 24.4. The first kappa shape index (κ1) is 54.2. The second-order valence-electron chi connectivity index (χ2n) is 19.9. The SMILES string of the molecule is O=C(N[C@@H]1C(=O)N2C(C(=O)OC(c3ccccc3)c3ccccc3)=C(Sc3cccnc3)CC[C@H]12)C(=NOC(c1ccccc1)(c1ccccc1)c1ccccc1)c1nc(NC(c2ccccc2)(c2ccccc2)c2ccccc2)sc1Cl. The number of pyridine rings is 1. The molecule has 2 amide bonds. The van der Waals surface area contributed by atoms with E-state index in [4.69, 9.17) is 31.3 Å². The van der Waals surface area contributed by atoms with E-state index >= 15 is 14.4 Å². The molecule has 2 aliphatic heterocycles. The van der Waals surface area contributed by atoms with Crippen molar-refractivity contribution in [3.63, 3.8) is 0 Å². The standard InChI is InChI=1S/C69H53ClN6O5S2/c70-63-59(73-67(83-63)74-68(49-30-13-3-14-31-49,50-32-15-4-16-33-50)51-34-17-5-18-35-51)60(75-81-69(52-36-19-6-20-37-52,53-38-21-7-22-39-53)54-40-23-8-24-41-54)64(77)72-58-56-43-44-57(82-55-42-25-45-71-46-55)61(76(56)65(58)78)66(79)80-62(47-26-9-1-10-27-47)48-28-11-2-12-29-48/h1-42,45-46,56,58,62H,43-44H2,(H,72,77)(H,73,74)/t56-,58+/m1/s1. The molecule has 0 aliphatic carbocycles. The molecule has 0 radical (unpaired) electrons. The van der Waals surface area contributed by atoms with Crippen molar-refractivity contribution < 1.29 is 24.0 Å². The summed E-state index contributed by atoms with van der Waals surface area (Å²) in [6.45, 7) is 0. The van der Waals surface area contributed by atoms with Crippen LogP contribution in [0.3, 0.4) is 0 Å². The number of oxime groups is 1. The molecule has 0 spiro atoms. The summed E-state index contributed by atoms with van der Waals surface area (Å²) in [7, 11) is 0. The number of nitrogens with one attached hydrogen (secondary N) is 2. The van der Waals surface area contributed by atoms with Crippen molar-refractivity contribution in [3.8, 4) is 0 Å². The first-order valence-corrected chi connectivity index (χ1v) is 29.1. The number of ether oxygens (including phenoxy) is 1. The van der Waals surface area contributed by atoms with E-state index in [1.807, 2.05) is 218 Å². The minimum absolute atomic E-state index is 0.0160. The molecular formula is C69H53ClN6O5S2. The Hall–Kier alpha value is -9.40. The third kappa shape index (κ3) is 10.9. The Morgan fingerprint density at radius 3 is 1.54 bits per heavy atom. The fourth-order valence-corrected chi connectivity index (χ4v) is 13.2. The van der Waals surface area contributed by atoms with Gasteiger partial charge >= 0.3 is 5.97 Å². The van der Waals surface area contributed by atoms with Gasteiger partial charge in [0.25, 0.3) is 11.8 Å². The van der Waals surface area contributed by atoms with E-state index in [9.17, 15) is 0 Å². The number of β-lactam (4-membered cyclic amide) rings is 1. The molecule has 11 nitrogen and oxygen atoms in total. The van der Waals surface area contributed by atoms with Crippen molar-refractivity contribution in [2.24, 2.45) is 5.16 Å². The van der Waals surface area contributed by atoms with Gasteiger partial charge in [-0.3, -0.25) is 19.5 Å². The lowest BCUT2D eigenvalue weighted by Gasteiger charge is -2.50. The van der Waals surface area contributed by atoms with Crippen LogP contribution in [0.2, 0.25) is 4.34 Å². The summed E-state index contributed by atoms with van der Waals surface area (Å²) in [5.74, 6) is -1.96. The summed E-state index contributed by atoms with van der Waals surface area (Å²) >= 11 is 9.90. The van der Waals surface area contributed by atoms with Gasteiger partial charge < -0.3 is 20.2 Å². The molecule has 2 atom stereocenters. The molecule has 0 saturated carbocycles. The summed E-state index contributed by atoms with van der Waals surface area (Å²) in [6.07, 6.45) is 3.40. The zero-order valence-corrected chi connectivity index (χ0v) is 47.0. The minimum Gasteiger partial charge on any atom is -0.448 e. The van der Waals surface area contributed by atoms with Crippen LogP contribution in [0.5, 0.6) is 0 Å². The van der Waals surface area contributed by atoms with E-state index < -0.39 is 47.1 Å². The third-order valence-corrected chi connectivity index (χ3v) is 17.2. The van der Waals surface area contributed by atoms with Crippen LogP contribution in [0.4, 0.5) is 5.13 Å². The van der Waals surface area contributed by atoms with Crippen LogP contribution >= 0.6 is 34.7 Å². The fourth-order valence-electron chi connectivity index (χ4n) is 11.0. The topological polar surface area (TPSA) is 135 Å². The number of thioether (sulfide) groups is 1. The first-order chi connectivity index (χ1) is 40.8. The number of aromatic nitrogens is 2. The highest BCUT2D eigenvalue weighted by Gasteiger charge is 2.55. The zero-order valence-electron chi connectivity index (χ0n) is 44.6. The number of hydrogen-bond acceptors (Lipinski definition) is 11. The molecule has 2 N–H and O–H groups in total. The van der Waals surface area contributed by atoms with Crippen molar-refractivity contribution in [1.82, 2.24) is 20.2 Å². The highest BCUT2D eigenvalue weighted by molar-refractivity contribution is 8.03. The summed E-state index contributed by atoms with van der Waals surface area (Å²) in [5, 5.41) is 12.1. The molecule has 14 heteroatoms. The molecule has 1 fully saturated rings. The number of amides is 2. The number of thiazole rings is 1. The number of halogens is 1. The van der Waals surface area contributed by atoms with E-state index in [0.717, 1.165) is 60.7 Å². The van der Waals surface area contributed by atoms with E-state index in [-0.39, 0.29) is 21.4 Å². The molecule has 408 valence electrons. The molecule has 2 aliphatic rings. The van der Waals surface area contributed by atoms with Crippen LogP contribution in [0.25, 0.3) is 0 Å². The van der Waals surface area contributed by atoms with Crippen LogP contribution in [0.1, 0.15) is 69.1 Å². The average molecular weight is 1150 g/mol. The summed E-state index contributed by atoms with van der Waals surface area (Å²) in [4.78, 5) is 65.1. The number of fused-ring (bicyclic) bond motifs is 1. The number of benzene rings is 8. The van der Waals surface area contributed by atoms with Crippen molar-refractivity contribution in [2.75, 3.05) is 5.32 Å². The lowest BCUT2D eigenvalue weighted by Crippen LogP contribution is -2.72. The Morgan fingerprint density at radius 1 is 0.627 bits per heavy atom. The average Bonchev–Trinajstić information content (AvgIpc) is 4.12. The van der Waals surface area contributed by atoms with E-state index in [2.05, 4.69) is 52.0 Å². The van der Waals surface area contributed by atoms with Crippen molar-refractivity contribution in [2.45, 2.75) is 47.1 Å². The second-order valence-corrected chi connectivity index (χ2v) is 22.6. The largest absolute Gasteiger partial charge is 0.448 e. The Kier molecular flexibility index (Phi) is 15.9. The van der Waals surface area contributed by atoms with Gasteiger partial charge in [0, 0.05) is 38.9 Å². The number of esters is 1. The molecule has 83 heavy (non-hydrogen) atoms. The van der Waals surface area contributed by atoms with Gasteiger partial charge in [0.1, 0.15) is 27.3 Å². The van der Waals surface area contributed by atoms with Gasteiger partial charge in [-0.1, -0.05) is 283 Å². The van der Waals surface area contributed by atoms with Crippen molar-refractivity contribution >= 4 is 63.3 Å². The maximum absolute atomic E-state index is 15.7. The number of anilines is 1. The Labute approximate surface area is 494 Å². The maximum atomic E-state index is 15.7. The van der Waals surface area contributed by atoms with Gasteiger partial charge in [-0.15, -0.1) is 0 Å². The monoisotopic (exact) mass is 1140 g/mol. The van der Waals surface area contributed by atoms with Crippen LogP contribution in [0.15, 0.2) is 288 Å². The Balaban J connectivity index is 0.951. The molecular weight excluding hydrogens is 1090 g/mol. The smallest absolute Gasteiger partial charge is 0.356 e. The third-order valence-electron chi connectivity index (χ3n) is 14.9. The van der Waals surface area contributed by atoms with Gasteiger partial charge in [-0.2, -0.15) is 0 Å². The molecule has 4 heterocycles. The number of nitrogens with zero attached hydrogens (tertiary/aromatic N) is 4. The van der Waals surface area contributed by atoms with Crippen LogP contribution in [0, 0.1) is 0 Å². The molecule has 0 bridgehead atoms. The van der Waals surface area contributed by atoms with Crippen molar-refractivity contribution in [1.29, 1.82) is 0 Å². The van der Waals surface area contributed by atoms with Crippen LogP contribution < -0.4 is 10.6 Å². The molecule has 10 aromatic rings. The maximum Gasteiger partial charge on any atom is 0.356 e. The van der Waals surface area contributed by atoms with E-state index in [1.165, 1.54) is 16.7 Å². The van der Waals surface area contributed by atoms with Gasteiger partial charge in [0.2, 0.25) is 5.60 Å². The highest BCUT2D eigenvalue weighted by Crippen LogP contribution is 2.47. The van der Waals surface area contributed by atoms with Gasteiger partial charge in [-0.25, -0.2) is 9.78 Å². The van der Waals surface area contributed by atoms with Gasteiger partial charge in [0.15, 0.2) is 16.9 Å². The molecule has 12 rings (SSSR count). The van der Waals surface area contributed by atoms with E-state index in [0.29, 0.717) is 22.9 Å². The summed E-state index contributed by atoms with van der Waals surface area (Å²) in [5.41, 5.74) is 3.89. The van der Waals surface area contributed by atoms with Gasteiger partial charge in [0.05, 0.1) is 6.04 Å². The first-order valence-electron chi connectivity index (χ1n) is 27.1. The lowest BCUT2D eigenvalue weighted by molar-refractivity contribution is -0.158. The number of carbonyl (C=O) groups excluding carboxylic acids is 3. The number of rotatable bonds is 19. The molecule has 2 aromatic heterocycles. The summed E-state index contributed by atoms with van der Waals surface area (Å²) < 4.78 is 6.61. The molecule has 1 saturated heterocycles. The predicted molar refractivity (Wildman–Crippen MR) is 327 cm³/mol. The van der Waals surface area contributed by atoms with Crippen LogP contribution in [-0.4, -0.2) is 50.4 Å². The summed E-state index contributed by atoms with van der Waals surface area (Å²) in [6, 6.07) is 80.2. The normalized spacial score (nSPS) is 15.2. The van der Waals surface area contributed by atoms with Crippen molar-refractivity contribution in [3.05, 3.63) is 332 Å². The highest BCUT2D eigenvalue weighted by atomic mass is 35.5. The van der Waals surface area contributed by atoms with Gasteiger partial charge in [-0.05, 0) is 52.8 Å². The Bertz CT molecular complexity index is 3690. The molecule has 8 aromatic carbocycles. The van der Waals surface area contributed by atoms with E-state index in [1.54, 1.807) is 12.4 Å². The fraction of sp³-hybridized carbons (Fsp3) is 0.101. The number of hydrogen-bond donors (Lipinski definition) is 2.